The Bertz CT molecular complexity index is 450. The summed E-state index contributed by atoms with van der Waals surface area (Å²) in [4.78, 5) is 0. The Morgan fingerprint density at radius 1 is 1.44 bits per heavy atom. The highest BCUT2D eigenvalue weighted by atomic mass is 32.2. The molecule has 2 rings (SSSR count). The van der Waals surface area contributed by atoms with Crippen molar-refractivity contribution >= 4 is 11.8 Å². The lowest BCUT2D eigenvalue weighted by atomic mass is 10.1. The Labute approximate surface area is 114 Å². The zero-order chi connectivity index (χ0) is 13.0. The van der Waals surface area contributed by atoms with Crippen molar-refractivity contribution in [3.05, 3.63) is 34.9 Å². The first kappa shape index (κ1) is 13.5. The van der Waals surface area contributed by atoms with Crippen LogP contribution in [0.25, 0.3) is 0 Å². The number of rotatable bonds is 4. The first-order chi connectivity index (χ1) is 8.72. The van der Waals surface area contributed by atoms with Crippen molar-refractivity contribution in [3.63, 3.8) is 0 Å². The van der Waals surface area contributed by atoms with Gasteiger partial charge in [-0.3, -0.25) is 0 Å². The highest BCUT2D eigenvalue weighted by molar-refractivity contribution is 7.99. The summed E-state index contributed by atoms with van der Waals surface area (Å²) in [5.74, 6) is 0. The number of nitrogens with one attached hydrogen (secondary N) is 1. The molecule has 0 heterocycles. The van der Waals surface area contributed by atoms with Gasteiger partial charge in [-0.05, 0) is 55.7 Å². The molecule has 2 unspecified atom stereocenters. The second-order valence-corrected chi connectivity index (χ2v) is 6.14. The van der Waals surface area contributed by atoms with Gasteiger partial charge in [0.1, 0.15) is 0 Å². The number of aryl methyl sites for hydroxylation is 1. The zero-order valence-corrected chi connectivity index (χ0v) is 11.9. The summed E-state index contributed by atoms with van der Waals surface area (Å²) >= 11 is 1.99. The van der Waals surface area contributed by atoms with Crippen LogP contribution in [0.1, 0.15) is 36.0 Å². The average molecular weight is 260 g/mol. The third-order valence-electron chi connectivity index (χ3n) is 3.77. The van der Waals surface area contributed by atoms with Crippen molar-refractivity contribution in [1.82, 2.24) is 5.32 Å². The molecule has 0 aliphatic heterocycles. The normalized spacial score (nSPS) is 22.9. The van der Waals surface area contributed by atoms with E-state index in [1.54, 1.807) is 0 Å². The maximum atomic E-state index is 8.84. The van der Waals surface area contributed by atoms with E-state index in [2.05, 4.69) is 30.6 Å². The van der Waals surface area contributed by atoms with E-state index >= 15 is 0 Å². The predicted molar refractivity (Wildman–Crippen MR) is 77.7 cm³/mol. The third kappa shape index (κ3) is 3.28. The smallest absolute Gasteiger partial charge is 0.0991 e. The Balaban J connectivity index is 1.89. The Morgan fingerprint density at radius 2 is 2.28 bits per heavy atom. The van der Waals surface area contributed by atoms with Crippen molar-refractivity contribution in [2.75, 3.05) is 6.26 Å². The fourth-order valence-electron chi connectivity index (χ4n) is 2.56. The number of nitriles is 1. The maximum Gasteiger partial charge on any atom is 0.0991 e. The van der Waals surface area contributed by atoms with Gasteiger partial charge in [0.2, 0.25) is 0 Å². The quantitative estimate of drug-likeness (QED) is 0.902. The highest BCUT2D eigenvalue weighted by Crippen LogP contribution is 2.28. The van der Waals surface area contributed by atoms with Gasteiger partial charge in [-0.1, -0.05) is 6.07 Å². The Morgan fingerprint density at radius 3 is 2.89 bits per heavy atom. The maximum absolute atomic E-state index is 8.84. The van der Waals surface area contributed by atoms with Crippen LogP contribution in [-0.2, 0) is 6.54 Å². The second-order valence-electron chi connectivity index (χ2n) is 5.00. The van der Waals surface area contributed by atoms with E-state index < -0.39 is 0 Å². The van der Waals surface area contributed by atoms with Crippen molar-refractivity contribution < 1.29 is 0 Å². The highest BCUT2D eigenvalue weighted by Gasteiger charge is 2.23. The molecule has 0 aromatic heterocycles. The van der Waals surface area contributed by atoms with Gasteiger partial charge >= 0.3 is 0 Å². The lowest BCUT2D eigenvalue weighted by Crippen LogP contribution is -2.26. The van der Waals surface area contributed by atoms with Crippen molar-refractivity contribution in [3.8, 4) is 6.07 Å². The average Bonchev–Trinajstić information content (AvgIpc) is 2.85. The molecule has 1 aliphatic carbocycles. The van der Waals surface area contributed by atoms with Crippen LogP contribution in [0.2, 0.25) is 0 Å². The number of thioether (sulfide) groups is 1. The molecule has 2 atom stereocenters. The molecule has 1 aromatic rings. The monoisotopic (exact) mass is 260 g/mol. The first-order valence-corrected chi connectivity index (χ1v) is 7.77. The molecular formula is C15H20N2S. The minimum Gasteiger partial charge on any atom is -0.310 e. The van der Waals surface area contributed by atoms with Crippen LogP contribution in [-0.4, -0.2) is 17.5 Å². The molecule has 18 heavy (non-hydrogen) atoms. The van der Waals surface area contributed by atoms with Crippen LogP contribution < -0.4 is 5.32 Å². The first-order valence-electron chi connectivity index (χ1n) is 6.48. The molecule has 1 aliphatic rings. The van der Waals surface area contributed by atoms with Crippen LogP contribution >= 0.6 is 11.8 Å². The molecule has 96 valence electrons. The van der Waals surface area contributed by atoms with Crippen LogP contribution in [0.5, 0.6) is 0 Å². The summed E-state index contributed by atoms with van der Waals surface area (Å²) < 4.78 is 0. The Hall–Kier alpha value is -0.980. The number of nitrogens with zero attached hydrogens (tertiary/aromatic N) is 1. The Kier molecular flexibility index (Phi) is 4.68. The van der Waals surface area contributed by atoms with Gasteiger partial charge in [-0.2, -0.15) is 17.0 Å². The van der Waals surface area contributed by atoms with Gasteiger partial charge in [-0.15, -0.1) is 0 Å². The van der Waals surface area contributed by atoms with Gasteiger partial charge in [0, 0.05) is 17.8 Å². The topological polar surface area (TPSA) is 35.8 Å². The molecule has 0 bridgehead atoms. The summed E-state index contributed by atoms with van der Waals surface area (Å²) in [6.07, 6.45) is 6.13. The van der Waals surface area contributed by atoms with Gasteiger partial charge in [0.05, 0.1) is 11.6 Å². The van der Waals surface area contributed by atoms with Gasteiger partial charge in [0.15, 0.2) is 0 Å². The molecule has 1 fully saturated rings. The molecule has 0 spiro atoms. The lowest BCUT2D eigenvalue weighted by Gasteiger charge is -2.14. The van der Waals surface area contributed by atoms with Crippen molar-refractivity contribution in [2.45, 2.75) is 44.0 Å². The zero-order valence-electron chi connectivity index (χ0n) is 11.1. The van der Waals surface area contributed by atoms with Gasteiger partial charge < -0.3 is 5.32 Å². The van der Waals surface area contributed by atoms with E-state index in [-0.39, 0.29) is 0 Å². The molecule has 1 aromatic carbocycles. The van der Waals surface area contributed by atoms with E-state index in [0.717, 1.165) is 17.4 Å². The molecule has 1 N–H and O–H groups in total. The molecule has 1 saturated carbocycles. The van der Waals surface area contributed by atoms with E-state index in [1.165, 1.54) is 30.4 Å². The summed E-state index contributed by atoms with van der Waals surface area (Å²) in [6.45, 7) is 3.00. The van der Waals surface area contributed by atoms with Crippen LogP contribution in [0.15, 0.2) is 18.2 Å². The van der Waals surface area contributed by atoms with Crippen LogP contribution in [0.3, 0.4) is 0 Å². The molecule has 2 nitrogen and oxygen atoms in total. The second kappa shape index (κ2) is 6.26. The summed E-state index contributed by atoms with van der Waals surface area (Å²) in [5.41, 5.74) is 3.27. The van der Waals surface area contributed by atoms with Crippen molar-refractivity contribution in [1.29, 1.82) is 5.26 Å². The SMILES string of the molecule is CSC1CCC(NCc2ccc(C#N)cc2C)C1. The molecule has 3 heteroatoms. The molecule has 0 amide bonds. The summed E-state index contributed by atoms with van der Waals surface area (Å²) in [5, 5.41) is 13.3. The van der Waals surface area contributed by atoms with Gasteiger partial charge in [0.25, 0.3) is 0 Å². The summed E-state index contributed by atoms with van der Waals surface area (Å²) in [7, 11) is 0. The largest absolute Gasteiger partial charge is 0.310 e. The van der Waals surface area contributed by atoms with Crippen molar-refractivity contribution in [2.24, 2.45) is 0 Å². The third-order valence-corrected chi connectivity index (χ3v) is 4.87. The van der Waals surface area contributed by atoms with E-state index in [4.69, 9.17) is 5.26 Å². The fourth-order valence-corrected chi connectivity index (χ4v) is 3.35. The standard InChI is InChI=1S/C15H20N2S/c1-11-7-12(9-16)3-4-13(11)10-17-14-5-6-15(8-14)18-2/h3-4,7,14-15,17H,5-6,8,10H2,1-2H3. The van der Waals surface area contributed by atoms with E-state index in [1.807, 2.05) is 23.9 Å². The van der Waals surface area contributed by atoms with E-state index in [9.17, 15) is 0 Å². The predicted octanol–water partition coefficient (Wildman–Crippen LogP) is 3.24. The minimum atomic E-state index is 0.664. The molecule has 0 radical (unpaired) electrons. The molecular weight excluding hydrogens is 240 g/mol. The summed E-state index contributed by atoms with van der Waals surface area (Å²) in [6, 6.07) is 8.79. The van der Waals surface area contributed by atoms with Crippen LogP contribution in [0, 0.1) is 18.3 Å². The van der Waals surface area contributed by atoms with E-state index in [0.29, 0.717) is 6.04 Å². The lowest BCUT2D eigenvalue weighted by molar-refractivity contribution is 0.524. The fraction of sp³-hybridized carbons (Fsp3) is 0.533. The number of benzene rings is 1. The molecule has 0 saturated heterocycles. The number of hydrogen-bond acceptors (Lipinski definition) is 3. The minimum absolute atomic E-state index is 0.664. The van der Waals surface area contributed by atoms with Gasteiger partial charge in [-0.25, -0.2) is 0 Å². The van der Waals surface area contributed by atoms with Crippen LogP contribution in [0.4, 0.5) is 0 Å². The number of hydrogen-bond donors (Lipinski definition) is 1.